The zero-order valence-electron chi connectivity index (χ0n) is 9.65. The van der Waals surface area contributed by atoms with Gasteiger partial charge >= 0.3 is 0 Å². The van der Waals surface area contributed by atoms with Gasteiger partial charge in [0.05, 0.1) is 5.01 Å². The smallest absolute Gasteiger partial charge is 0.0897 e. The first-order chi connectivity index (χ1) is 7.81. The molecule has 3 heteroatoms. The summed E-state index contributed by atoms with van der Waals surface area (Å²) in [5.41, 5.74) is 0. The lowest BCUT2D eigenvalue weighted by Gasteiger charge is -2.18. The minimum atomic E-state index is 0.862. The lowest BCUT2D eigenvalue weighted by atomic mass is 9.94. The Kier molecular flexibility index (Phi) is 2.82. The number of thiazole rings is 1. The second-order valence-corrected chi connectivity index (χ2v) is 6.34. The van der Waals surface area contributed by atoms with E-state index in [1.807, 2.05) is 6.20 Å². The van der Waals surface area contributed by atoms with Gasteiger partial charge in [-0.1, -0.05) is 12.2 Å². The minimum absolute atomic E-state index is 0.862. The van der Waals surface area contributed by atoms with Crippen molar-refractivity contribution in [3.63, 3.8) is 0 Å². The van der Waals surface area contributed by atoms with Crippen LogP contribution < -0.4 is 5.32 Å². The Morgan fingerprint density at radius 2 is 2.38 bits per heavy atom. The summed E-state index contributed by atoms with van der Waals surface area (Å²) in [5.74, 6) is 2.63. The summed E-state index contributed by atoms with van der Waals surface area (Å²) >= 11 is 1.80. The first-order valence-corrected chi connectivity index (χ1v) is 6.93. The lowest BCUT2D eigenvalue weighted by Crippen LogP contribution is -2.24. The maximum Gasteiger partial charge on any atom is 0.0897 e. The molecule has 1 N–H and O–H groups in total. The van der Waals surface area contributed by atoms with Gasteiger partial charge in [0.15, 0.2) is 0 Å². The van der Waals surface area contributed by atoms with Crippen LogP contribution in [0.3, 0.4) is 0 Å². The van der Waals surface area contributed by atoms with Crippen molar-refractivity contribution in [2.75, 3.05) is 6.54 Å². The van der Waals surface area contributed by atoms with Gasteiger partial charge in [-0.3, -0.25) is 0 Å². The predicted octanol–water partition coefficient (Wildman–Crippen LogP) is 2.75. The molecule has 1 saturated carbocycles. The van der Waals surface area contributed by atoms with Gasteiger partial charge in [-0.15, -0.1) is 11.3 Å². The molecule has 3 unspecified atom stereocenters. The summed E-state index contributed by atoms with van der Waals surface area (Å²) in [7, 11) is 0. The number of aromatic nitrogens is 1. The van der Waals surface area contributed by atoms with E-state index in [-0.39, 0.29) is 0 Å². The number of hydrogen-bond donors (Lipinski definition) is 1. The molecule has 2 aliphatic rings. The maximum absolute atomic E-state index is 4.27. The van der Waals surface area contributed by atoms with Crippen LogP contribution in [0.15, 0.2) is 18.3 Å². The molecule has 0 aromatic carbocycles. The maximum atomic E-state index is 4.27. The van der Waals surface area contributed by atoms with E-state index in [4.69, 9.17) is 0 Å². The number of nitrogens with one attached hydrogen (secondary N) is 1. The van der Waals surface area contributed by atoms with Gasteiger partial charge < -0.3 is 5.32 Å². The van der Waals surface area contributed by atoms with E-state index in [0.29, 0.717) is 0 Å². The molecular formula is C13H18N2S. The van der Waals surface area contributed by atoms with E-state index < -0.39 is 0 Å². The zero-order valence-corrected chi connectivity index (χ0v) is 10.5. The van der Waals surface area contributed by atoms with Crippen LogP contribution in [0.4, 0.5) is 0 Å². The van der Waals surface area contributed by atoms with Gasteiger partial charge in [0.2, 0.25) is 0 Å². The third-order valence-electron chi connectivity index (χ3n) is 3.79. The predicted molar refractivity (Wildman–Crippen MR) is 67.4 cm³/mol. The van der Waals surface area contributed by atoms with Crippen LogP contribution in [0.5, 0.6) is 0 Å². The number of fused-ring (bicyclic) bond motifs is 2. The fourth-order valence-corrected chi connectivity index (χ4v) is 3.76. The van der Waals surface area contributed by atoms with Crippen molar-refractivity contribution >= 4 is 11.3 Å². The van der Waals surface area contributed by atoms with Gasteiger partial charge in [0.1, 0.15) is 0 Å². The van der Waals surface area contributed by atoms with Crippen LogP contribution in [-0.4, -0.2) is 11.5 Å². The quantitative estimate of drug-likeness (QED) is 0.810. The van der Waals surface area contributed by atoms with Gasteiger partial charge in [-0.25, -0.2) is 4.98 Å². The van der Waals surface area contributed by atoms with Gasteiger partial charge in [-0.2, -0.15) is 0 Å². The van der Waals surface area contributed by atoms with E-state index in [2.05, 4.69) is 29.4 Å². The van der Waals surface area contributed by atoms with Crippen LogP contribution in [-0.2, 0) is 6.54 Å². The summed E-state index contributed by atoms with van der Waals surface area (Å²) in [6.45, 7) is 4.22. The molecular weight excluding hydrogens is 216 g/mol. The molecule has 2 aliphatic carbocycles. The molecule has 3 rings (SSSR count). The number of nitrogens with zero attached hydrogens (tertiary/aromatic N) is 1. The van der Waals surface area contributed by atoms with E-state index in [1.54, 1.807) is 11.3 Å². The Bertz CT molecular complexity index is 396. The molecule has 0 aliphatic heterocycles. The largest absolute Gasteiger partial charge is 0.311 e. The molecule has 0 radical (unpaired) electrons. The highest BCUT2D eigenvalue weighted by Crippen LogP contribution is 2.42. The van der Waals surface area contributed by atoms with E-state index in [1.165, 1.54) is 29.3 Å². The Morgan fingerprint density at radius 1 is 1.44 bits per heavy atom. The Hall–Kier alpha value is -0.670. The van der Waals surface area contributed by atoms with E-state index >= 15 is 0 Å². The molecule has 3 atom stereocenters. The number of aryl methyl sites for hydroxylation is 1. The third kappa shape index (κ3) is 2.06. The highest BCUT2D eigenvalue weighted by atomic mass is 32.1. The molecule has 0 spiro atoms. The summed E-state index contributed by atoms with van der Waals surface area (Å²) in [6, 6.07) is 0. The monoisotopic (exact) mass is 234 g/mol. The first-order valence-electron chi connectivity index (χ1n) is 6.11. The lowest BCUT2D eigenvalue weighted by molar-refractivity contribution is 0.415. The summed E-state index contributed by atoms with van der Waals surface area (Å²) < 4.78 is 0. The average Bonchev–Trinajstić information content (AvgIpc) is 2.94. The first kappa shape index (κ1) is 10.5. The van der Waals surface area contributed by atoms with Crippen molar-refractivity contribution in [2.24, 2.45) is 17.8 Å². The highest BCUT2D eigenvalue weighted by Gasteiger charge is 2.34. The molecule has 86 valence electrons. The molecule has 2 bridgehead atoms. The number of allylic oxidation sites excluding steroid dienone is 2. The third-order valence-corrected chi connectivity index (χ3v) is 4.70. The molecule has 1 aromatic rings. The van der Waals surface area contributed by atoms with Crippen LogP contribution in [0.2, 0.25) is 0 Å². The Balaban J connectivity index is 1.46. The van der Waals surface area contributed by atoms with E-state index in [9.17, 15) is 0 Å². The fraction of sp³-hybridized carbons (Fsp3) is 0.615. The number of rotatable bonds is 4. The Morgan fingerprint density at radius 3 is 3.00 bits per heavy atom. The molecule has 1 aromatic heterocycles. The second-order valence-electron chi connectivity index (χ2n) is 5.02. The molecule has 1 fully saturated rings. The SMILES string of the molecule is Cc1ncc(CNCC2CC3C=CC2C3)s1. The standard InChI is InChI=1S/C13H18N2S/c1-9-15-8-13(16-9)7-14-6-12-5-10-2-3-11(12)4-10/h2-3,8,10-12,14H,4-7H2,1H3. The molecule has 2 nitrogen and oxygen atoms in total. The van der Waals surface area contributed by atoms with Crippen LogP contribution >= 0.6 is 11.3 Å². The average molecular weight is 234 g/mol. The summed E-state index contributed by atoms with van der Waals surface area (Å²) in [5, 5.41) is 4.74. The fourth-order valence-electron chi connectivity index (χ4n) is 3.00. The van der Waals surface area contributed by atoms with Crippen molar-refractivity contribution in [2.45, 2.75) is 26.3 Å². The van der Waals surface area contributed by atoms with E-state index in [0.717, 1.165) is 24.3 Å². The molecule has 0 amide bonds. The van der Waals surface area contributed by atoms with Gasteiger partial charge in [0.25, 0.3) is 0 Å². The van der Waals surface area contributed by atoms with Crippen LogP contribution in [0, 0.1) is 24.7 Å². The normalized spacial score (nSPS) is 31.4. The van der Waals surface area contributed by atoms with Crippen molar-refractivity contribution in [3.05, 3.63) is 28.2 Å². The van der Waals surface area contributed by atoms with Crippen molar-refractivity contribution < 1.29 is 0 Å². The molecule has 16 heavy (non-hydrogen) atoms. The topological polar surface area (TPSA) is 24.9 Å². The molecule has 1 heterocycles. The Labute approximate surface area is 101 Å². The van der Waals surface area contributed by atoms with Gasteiger partial charge in [0, 0.05) is 17.6 Å². The number of hydrogen-bond acceptors (Lipinski definition) is 3. The van der Waals surface area contributed by atoms with Crippen LogP contribution in [0.25, 0.3) is 0 Å². The van der Waals surface area contributed by atoms with Crippen molar-refractivity contribution in [3.8, 4) is 0 Å². The van der Waals surface area contributed by atoms with Crippen LogP contribution in [0.1, 0.15) is 22.7 Å². The summed E-state index contributed by atoms with van der Waals surface area (Å²) in [4.78, 5) is 5.63. The molecule has 0 saturated heterocycles. The minimum Gasteiger partial charge on any atom is -0.311 e. The summed E-state index contributed by atoms with van der Waals surface area (Å²) in [6.07, 6.45) is 9.64. The highest BCUT2D eigenvalue weighted by molar-refractivity contribution is 7.11. The van der Waals surface area contributed by atoms with Crippen molar-refractivity contribution in [1.82, 2.24) is 10.3 Å². The second kappa shape index (κ2) is 4.30. The van der Waals surface area contributed by atoms with Crippen molar-refractivity contribution in [1.29, 1.82) is 0 Å². The van der Waals surface area contributed by atoms with Gasteiger partial charge in [-0.05, 0) is 44.1 Å². The zero-order chi connectivity index (χ0) is 11.0.